The summed E-state index contributed by atoms with van der Waals surface area (Å²) in [6.45, 7) is 0.628. The first-order chi connectivity index (χ1) is 8.97. The molecule has 1 heterocycles. The van der Waals surface area contributed by atoms with Gasteiger partial charge in [0.2, 0.25) is 0 Å². The zero-order valence-corrected chi connectivity index (χ0v) is 11.8. The monoisotopic (exact) mass is 338 g/mol. The SMILES string of the molecule is FC(F)(F)c1ccc(OC2CCCCCO2)c(Br)c1. The van der Waals surface area contributed by atoms with Gasteiger partial charge in [-0.25, -0.2) is 0 Å². The Morgan fingerprint density at radius 3 is 2.68 bits per heavy atom. The third kappa shape index (κ3) is 4.11. The number of alkyl halides is 3. The highest BCUT2D eigenvalue weighted by Crippen LogP contribution is 2.35. The molecule has 0 spiro atoms. The lowest BCUT2D eigenvalue weighted by Crippen LogP contribution is -2.19. The molecule has 0 aliphatic carbocycles. The van der Waals surface area contributed by atoms with Gasteiger partial charge in [0.05, 0.1) is 16.6 Å². The first-order valence-electron chi connectivity index (χ1n) is 6.12. The smallest absolute Gasteiger partial charge is 0.416 e. The molecule has 1 saturated heterocycles. The molecule has 0 radical (unpaired) electrons. The van der Waals surface area contributed by atoms with Crippen molar-refractivity contribution < 1.29 is 22.6 Å². The second-order valence-electron chi connectivity index (χ2n) is 4.41. The molecule has 1 aromatic rings. The van der Waals surface area contributed by atoms with Gasteiger partial charge in [0.25, 0.3) is 0 Å². The highest BCUT2D eigenvalue weighted by Gasteiger charge is 2.31. The molecule has 106 valence electrons. The summed E-state index contributed by atoms with van der Waals surface area (Å²) in [5.74, 6) is 0.375. The molecule has 0 amide bonds. The van der Waals surface area contributed by atoms with Crippen LogP contribution in [0.15, 0.2) is 22.7 Å². The number of hydrogen-bond acceptors (Lipinski definition) is 2. The Balaban J connectivity index is 2.08. The Kier molecular flexibility index (Phi) is 4.73. The Hall–Kier alpha value is -0.750. The second-order valence-corrected chi connectivity index (χ2v) is 5.26. The van der Waals surface area contributed by atoms with E-state index in [1.165, 1.54) is 6.07 Å². The van der Waals surface area contributed by atoms with Crippen LogP contribution in [0, 0.1) is 0 Å². The average molecular weight is 339 g/mol. The average Bonchev–Trinajstić information content (AvgIpc) is 2.59. The number of benzene rings is 1. The van der Waals surface area contributed by atoms with Crippen LogP contribution in [0.2, 0.25) is 0 Å². The van der Waals surface area contributed by atoms with E-state index in [4.69, 9.17) is 9.47 Å². The van der Waals surface area contributed by atoms with Gasteiger partial charge in [-0.1, -0.05) is 6.42 Å². The van der Waals surface area contributed by atoms with Crippen LogP contribution < -0.4 is 4.74 Å². The minimum atomic E-state index is -4.35. The summed E-state index contributed by atoms with van der Waals surface area (Å²) < 4.78 is 49.0. The Morgan fingerprint density at radius 2 is 2.00 bits per heavy atom. The van der Waals surface area contributed by atoms with Crippen LogP contribution in [0.5, 0.6) is 5.75 Å². The first-order valence-corrected chi connectivity index (χ1v) is 6.91. The predicted molar refractivity (Wildman–Crippen MR) is 68.0 cm³/mol. The molecule has 2 rings (SSSR count). The number of hydrogen-bond donors (Lipinski definition) is 0. The zero-order valence-electron chi connectivity index (χ0n) is 10.2. The highest BCUT2D eigenvalue weighted by atomic mass is 79.9. The van der Waals surface area contributed by atoms with Crippen LogP contribution in [0.4, 0.5) is 13.2 Å². The molecular weight excluding hydrogens is 325 g/mol. The van der Waals surface area contributed by atoms with Crippen molar-refractivity contribution in [3.63, 3.8) is 0 Å². The highest BCUT2D eigenvalue weighted by molar-refractivity contribution is 9.10. The maximum absolute atomic E-state index is 12.5. The summed E-state index contributed by atoms with van der Waals surface area (Å²) in [6, 6.07) is 3.35. The van der Waals surface area contributed by atoms with Gasteiger partial charge >= 0.3 is 6.18 Å². The molecule has 0 saturated carbocycles. The topological polar surface area (TPSA) is 18.5 Å². The van der Waals surface area contributed by atoms with E-state index in [2.05, 4.69) is 15.9 Å². The van der Waals surface area contributed by atoms with Gasteiger partial charge in [0, 0.05) is 6.42 Å². The molecule has 1 atom stereocenters. The number of halogens is 4. The Morgan fingerprint density at radius 1 is 1.21 bits per heavy atom. The molecule has 0 N–H and O–H groups in total. The van der Waals surface area contributed by atoms with Crippen molar-refractivity contribution in [1.29, 1.82) is 0 Å². The predicted octanol–water partition coefficient (Wildman–Crippen LogP) is 4.76. The summed E-state index contributed by atoms with van der Waals surface area (Å²) >= 11 is 3.11. The molecule has 0 bridgehead atoms. The lowest BCUT2D eigenvalue weighted by atomic mass is 10.2. The Bertz CT molecular complexity index is 426. The molecule has 1 aliphatic heterocycles. The zero-order chi connectivity index (χ0) is 13.9. The minimum Gasteiger partial charge on any atom is -0.464 e. The van der Waals surface area contributed by atoms with Crippen LogP contribution in [0.3, 0.4) is 0 Å². The maximum Gasteiger partial charge on any atom is 0.416 e. The lowest BCUT2D eigenvalue weighted by Gasteiger charge is -2.18. The quantitative estimate of drug-likeness (QED) is 0.773. The normalized spacial score (nSPS) is 20.9. The summed E-state index contributed by atoms with van der Waals surface area (Å²) in [4.78, 5) is 0. The van der Waals surface area contributed by atoms with E-state index in [1.54, 1.807) is 0 Å². The molecule has 1 aromatic carbocycles. The van der Waals surface area contributed by atoms with Crippen LogP contribution in [-0.2, 0) is 10.9 Å². The number of rotatable bonds is 2. The van der Waals surface area contributed by atoms with Gasteiger partial charge in [-0.2, -0.15) is 13.2 Å². The van der Waals surface area contributed by atoms with Crippen LogP contribution in [0.1, 0.15) is 31.2 Å². The van der Waals surface area contributed by atoms with Crippen molar-refractivity contribution in [2.45, 2.75) is 38.1 Å². The van der Waals surface area contributed by atoms with Gasteiger partial charge in [0.1, 0.15) is 5.75 Å². The fraction of sp³-hybridized carbons (Fsp3) is 0.538. The molecular formula is C13H14BrF3O2. The van der Waals surface area contributed by atoms with E-state index < -0.39 is 11.7 Å². The van der Waals surface area contributed by atoms with E-state index >= 15 is 0 Å². The van der Waals surface area contributed by atoms with Gasteiger partial charge in [-0.3, -0.25) is 0 Å². The first kappa shape index (κ1) is 14.7. The fourth-order valence-electron chi connectivity index (χ4n) is 1.90. The van der Waals surface area contributed by atoms with Crippen molar-refractivity contribution in [2.75, 3.05) is 6.61 Å². The van der Waals surface area contributed by atoms with Gasteiger partial charge in [-0.15, -0.1) is 0 Å². The summed E-state index contributed by atoms with van der Waals surface area (Å²) in [5, 5.41) is 0. The molecule has 1 aliphatic rings. The molecule has 2 nitrogen and oxygen atoms in total. The van der Waals surface area contributed by atoms with Crippen molar-refractivity contribution in [3.8, 4) is 5.75 Å². The van der Waals surface area contributed by atoms with Crippen LogP contribution in [-0.4, -0.2) is 12.9 Å². The second kappa shape index (κ2) is 6.13. The molecule has 6 heteroatoms. The van der Waals surface area contributed by atoms with Crippen molar-refractivity contribution in [3.05, 3.63) is 28.2 Å². The summed E-state index contributed by atoms with van der Waals surface area (Å²) in [7, 11) is 0. The van der Waals surface area contributed by atoms with Gasteiger partial charge in [0.15, 0.2) is 6.29 Å². The van der Waals surface area contributed by atoms with E-state index in [1.807, 2.05) is 0 Å². The molecule has 19 heavy (non-hydrogen) atoms. The largest absolute Gasteiger partial charge is 0.464 e. The summed E-state index contributed by atoms with van der Waals surface area (Å²) in [6.07, 6.45) is -0.881. The molecule has 0 aromatic heterocycles. The lowest BCUT2D eigenvalue weighted by molar-refractivity contribution is -0.137. The third-order valence-electron chi connectivity index (χ3n) is 2.91. The van der Waals surface area contributed by atoms with E-state index in [9.17, 15) is 13.2 Å². The van der Waals surface area contributed by atoms with Crippen molar-refractivity contribution in [2.24, 2.45) is 0 Å². The van der Waals surface area contributed by atoms with E-state index in [0.717, 1.165) is 37.8 Å². The molecule has 1 fully saturated rings. The minimum absolute atomic E-state index is 0.287. The summed E-state index contributed by atoms with van der Waals surface area (Å²) in [5.41, 5.74) is -0.700. The maximum atomic E-state index is 12.5. The van der Waals surface area contributed by atoms with Crippen molar-refractivity contribution >= 4 is 15.9 Å². The van der Waals surface area contributed by atoms with E-state index in [-0.39, 0.29) is 10.8 Å². The van der Waals surface area contributed by atoms with Gasteiger partial charge in [-0.05, 0) is 47.0 Å². The molecule has 1 unspecified atom stereocenters. The van der Waals surface area contributed by atoms with Crippen LogP contribution >= 0.6 is 15.9 Å². The fourth-order valence-corrected chi connectivity index (χ4v) is 2.37. The standard InChI is InChI=1S/C13H14BrF3O2/c14-10-8-9(13(15,16)17)5-6-11(10)19-12-4-2-1-3-7-18-12/h5-6,8,12H,1-4,7H2. The Labute approximate surface area is 118 Å². The van der Waals surface area contributed by atoms with E-state index in [0.29, 0.717) is 12.4 Å². The van der Waals surface area contributed by atoms with Crippen LogP contribution in [0.25, 0.3) is 0 Å². The third-order valence-corrected chi connectivity index (χ3v) is 3.53. The number of ether oxygens (including phenoxy) is 2. The van der Waals surface area contributed by atoms with Crippen molar-refractivity contribution in [1.82, 2.24) is 0 Å². The van der Waals surface area contributed by atoms with Gasteiger partial charge < -0.3 is 9.47 Å².